The topological polar surface area (TPSA) is 270 Å². The first-order chi connectivity index (χ1) is 46.8. The number of benzene rings is 1. The molecule has 3 saturated heterocycles. The Bertz CT molecular complexity index is 3080. The molecule has 0 bridgehead atoms. The van der Waals surface area contributed by atoms with Crippen molar-refractivity contribution in [2.75, 3.05) is 88.6 Å². The Balaban J connectivity index is 1.28. The molecule has 6 fully saturated rings. The smallest absolute Gasteiger partial charge is 0.343 e. The number of likely N-dealkylation sites (N-methyl/N-ethyl adjacent to an activating group) is 7. The van der Waals surface area contributed by atoms with Gasteiger partial charge in [-0.15, -0.1) is 0 Å². The number of alkyl halides is 3. The summed E-state index contributed by atoms with van der Waals surface area (Å²) in [5, 5.41) is 8.09. The Morgan fingerprint density at radius 2 is 1.20 bits per heavy atom. The van der Waals surface area contributed by atoms with Gasteiger partial charge in [0.2, 0.25) is 70.9 Å². The number of aryl methyl sites for hydroxylation is 1. The monoisotopic (exact) mass is 1410 g/mol. The number of nitrogens with zero attached hydrogens (tertiary/aromatic N) is 9. The van der Waals surface area contributed by atoms with Crippen LogP contribution in [0, 0.1) is 17.8 Å². The number of fused-ring (bicyclic) bond motifs is 1. The van der Waals surface area contributed by atoms with Crippen LogP contribution < -0.4 is 16.0 Å². The number of carbonyl (C=O) groups is 12. The second-order valence-corrected chi connectivity index (χ2v) is 29.7. The van der Waals surface area contributed by atoms with Gasteiger partial charge in [0.1, 0.15) is 47.8 Å². The summed E-state index contributed by atoms with van der Waals surface area (Å²) in [6.45, 7) is 4.53. The van der Waals surface area contributed by atoms with Gasteiger partial charge in [-0.2, -0.15) is 13.2 Å². The number of rotatable bonds is 10. The maximum absolute atomic E-state index is 15.8. The van der Waals surface area contributed by atoms with Crippen LogP contribution in [-0.4, -0.2) is 251 Å². The van der Waals surface area contributed by atoms with Crippen molar-refractivity contribution < 1.29 is 70.7 Å². The Kier molecular flexibility index (Phi) is 28.4. The average Bonchev–Trinajstić information content (AvgIpc) is 1.73. The molecule has 6 aliphatic rings. The highest BCUT2D eigenvalue weighted by Crippen LogP contribution is 2.38. The summed E-state index contributed by atoms with van der Waals surface area (Å²) >= 11 is 6.16. The lowest BCUT2D eigenvalue weighted by molar-refractivity contribution is -0.157. The molecule has 12 amide bonds. The Hall–Kier alpha value is -7.06. The van der Waals surface area contributed by atoms with Crippen molar-refractivity contribution in [3.8, 4) is 0 Å². The third-order valence-corrected chi connectivity index (χ3v) is 21.9. The SMILES string of the molecule is CC[C@@H]1NC(=O)[C@H](CC(C)C)N(C)C(=O)C[C@@H](C(=O)N2CCCCC2)N(C)C(=O)[C@H](C2CCCCC2)N(C)C(=O)C2(CCCC2)NC(=O)[C@@H]2CCCN2C(=O)[C@H](CCc2ccc(C(F)(F)F)c(Cl)c2)NC(=O)CN(C)C(=O)[C@H](CC2CCCCC2)N(C)C(=O)CN(C)C(=O)CN(C)C1=O. The number of nitrogens with one attached hydrogen (secondary N) is 3. The fraction of sp³-hybridized carbons (Fsp3) is 0.746. The molecule has 1 aromatic rings. The number of halogens is 4. The van der Waals surface area contributed by atoms with Crippen LogP contribution in [-0.2, 0) is 70.1 Å². The zero-order valence-electron chi connectivity index (χ0n) is 59.9. The first kappa shape index (κ1) is 79.3. The minimum absolute atomic E-state index is 0.0227. The molecule has 99 heavy (non-hydrogen) atoms. The maximum atomic E-state index is 15.8. The second-order valence-electron chi connectivity index (χ2n) is 29.3. The van der Waals surface area contributed by atoms with Gasteiger partial charge in [0, 0.05) is 69.0 Å². The van der Waals surface area contributed by atoms with E-state index in [1.54, 1.807) is 11.8 Å². The van der Waals surface area contributed by atoms with Crippen LogP contribution in [0.25, 0.3) is 0 Å². The summed E-state index contributed by atoms with van der Waals surface area (Å²) in [5.74, 6) is -8.20. The predicted molar refractivity (Wildman–Crippen MR) is 364 cm³/mol. The first-order valence-corrected chi connectivity index (χ1v) is 36.3. The number of likely N-dealkylation sites (tertiary alicyclic amines) is 1. The highest BCUT2D eigenvalue weighted by Gasteiger charge is 2.51. The summed E-state index contributed by atoms with van der Waals surface area (Å²) in [6.07, 6.45) is 6.82. The van der Waals surface area contributed by atoms with E-state index < -0.39 is 167 Å². The van der Waals surface area contributed by atoms with Crippen LogP contribution in [0.5, 0.6) is 0 Å². The summed E-state index contributed by atoms with van der Waals surface area (Å²) in [4.78, 5) is 190. The van der Waals surface area contributed by atoms with E-state index in [9.17, 15) is 46.7 Å². The average molecular weight is 1410 g/mol. The molecule has 7 atom stereocenters. The van der Waals surface area contributed by atoms with Gasteiger partial charge in [-0.05, 0) is 125 Å². The fourth-order valence-electron chi connectivity index (χ4n) is 15.6. The van der Waals surface area contributed by atoms with Gasteiger partial charge in [0.25, 0.3) is 0 Å². The van der Waals surface area contributed by atoms with Gasteiger partial charge in [0.05, 0.1) is 36.6 Å². The van der Waals surface area contributed by atoms with E-state index in [0.29, 0.717) is 63.6 Å². The fourth-order valence-corrected chi connectivity index (χ4v) is 15.9. The largest absolute Gasteiger partial charge is 0.417 e. The van der Waals surface area contributed by atoms with Crippen LogP contribution in [0.4, 0.5) is 13.2 Å². The normalized spacial score (nSPS) is 26.8. The molecule has 1 spiro atoms. The Morgan fingerprint density at radius 3 is 1.81 bits per heavy atom. The maximum Gasteiger partial charge on any atom is 0.417 e. The lowest BCUT2D eigenvalue weighted by Crippen LogP contribution is -2.65. The molecular weight excluding hydrogens is 1310 g/mol. The highest BCUT2D eigenvalue weighted by atomic mass is 35.5. The van der Waals surface area contributed by atoms with Crippen LogP contribution in [0.15, 0.2) is 18.2 Å². The van der Waals surface area contributed by atoms with Crippen LogP contribution >= 0.6 is 11.6 Å². The van der Waals surface area contributed by atoms with Gasteiger partial charge in [-0.3, -0.25) is 57.5 Å². The molecule has 3 saturated carbocycles. The zero-order chi connectivity index (χ0) is 72.8. The summed E-state index contributed by atoms with van der Waals surface area (Å²) < 4.78 is 41.6. The van der Waals surface area contributed by atoms with Crippen molar-refractivity contribution in [3.05, 3.63) is 34.3 Å². The number of hydrogen-bond donors (Lipinski definition) is 3. The number of amides is 12. The minimum Gasteiger partial charge on any atom is -0.343 e. The van der Waals surface area contributed by atoms with Gasteiger partial charge in [0.15, 0.2) is 0 Å². The third-order valence-electron chi connectivity index (χ3n) is 21.6. The van der Waals surface area contributed by atoms with E-state index in [1.807, 2.05) is 13.8 Å². The second kappa shape index (κ2) is 35.5. The van der Waals surface area contributed by atoms with Crippen molar-refractivity contribution in [3.63, 3.8) is 0 Å². The third kappa shape index (κ3) is 20.2. The lowest BCUT2D eigenvalue weighted by atomic mass is 9.81. The van der Waals surface area contributed by atoms with Crippen LogP contribution in [0.3, 0.4) is 0 Å². The van der Waals surface area contributed by atoms with Crippen molar-refractivity contribution in [1.82, 2.24) is 60.0 Å². The number of piperidine rings is 1. The van der Waals surface area contributed by atoms with Gasteiger partial charge in [-0.25, -0.2) is 0 Å². The standard InChI is InChI=1S/C71H108ClF3N12O12/c1-11-51-64(94)81(6)43-59(90)79(4)44-60(91)83(8)55(40-46-24-15-12-16-25-46)66(96)80(5)42-57(88)76-52(32-30-47-29-31-49(50(72)39-47)71(73,74)75)65(95)87-37-23-28-53(87)63(93)78-70(33-19-20-34-70)69(99)85(10)61(48-26-17-13-18-27-48)68(98)84(9)56(67(97)86-35-21-14-22-36-86)41-58(89)82(7)54(38-45(2)3)62(92)77-51/h29,31,39,45-46,48,51-56,61H,11-28,30,32-38,40-44H2,1-10H3,(H,76,88)(H,77,92)(H,78,93)/t51-,52-,53-,54-,55-,56-,61-/m0/s1. The summed E-state index contributed by atoms with van der Waals surface area (Å²) in [7, 11) is 9.98. The molecule has 24 nitrogen and oxygen atoms in total. The molecule has 3 heterocycles. The van der Waals surface area contributed by atoms with Crippen molar-refractivity contribution in [1.29, 1.82) is 0 Å². The van der Waals surface area contributed by atoms with Crippen molar-refractivity contribution >= 4 is 82.5 Å². The molecule has 7 rings (SSSR count). The molecule has 3 aliphatic heterocycles. The van der Waals surface area contributed by atoms with Crippen LogP contribution in [0.1, 0.15) is 186 Å². The highest BCUT2D eigenvalue weighted by molar-refractivity contribution is 6.31. The molecule has 1 aromatic carbocycles. The summed E-state index contributed by atoms with van der Waals surface area (Å²) in [6, 6.07) is -5.47. The first-order valence-electron chi connectivity index (χ1n) is 35.9. The van der Waals surface area contributed by atoms with Gasteiger partial charge < -0.3 is 60.0 Å². The van der Waals surface area contributed by atoms with Crippen molar-refractivity contribution in [2.24, 2.45) is 17.8 Å². The summed E-state index contributed by atoms with van der Waals surface area (Å²) in [5.41, 5.74) is -2.33. The Morgan fingerprint density at radius 1 is 0.606 bits per heavy atom. The predicted octanol–water partition coefficient (Wildman–Crippen LogP) is 5.79. The van der Waals surface area contributed by atoms with Gasteiger partial charge in [-0.1, -0.05) is 103 Å². The molecule has 0 radical (unpaired) electrons. The zero-order valence-corrected chi connectivity index (χ0v) is 60.6. The lowest BCUT2D eigenvalue weighted by Gasteiger charge is -2.43. The number of carbonyl (C=O) groups excluding carboxylic acids is 12. The molecular formula is C71H108ClF3N12O12. The molecule has 552 valence electrons. The molecule has 0 unspecified atom stereocenters. The number of hydrogen-bond acceptors (Lipinski definition) is 12. The molecule has 3 N–H and O–H groups in total. The van der Waals surface area contributed by atoms with E-state index in [-0.39, 0.29) is 69.7 Å². The molecule has 0 aromatic heterocycles. The quantitative estimate of drug-likeness (QED) is 0.251. The van der Waals surface area contributed by atoms with Crippen molar-refractivity contribution in [2.45, 2.75) is 235 Å². The van der Waals surface area contributed by atoms with Crippen LogP contribution in [0.2, 0.25) is 5.02 Å². The molecule has 3 aliphatic carbocycles. The minimum atomic E-state index is -4.76. The van der Waals surface area contributed by atoms with E-state index in [4.69, 9.17) is 11.6 Å². The van der Waals surface area contributed by atoms with E-state index >= 15 is 24.0 Å². The van der Waals surface area contributed by atoms with Gasteiger partial charge >= 0.3 is 6.18 Å². The Labute approximate surface area is 586 Å². The van der Waals surface area contributed by atoms with E-state index in [0.717, 1.165) is 84.6 Å². The van der Waals surface area contributed by atoms with E-state index in [2.05, 4.69) is 16.0 Å². The molecule has 28 heteroatoms. The van der Waals surface area contributed by atoms with E-state index in [1.165, 1.54) is 79.9 Å².